The summed E-state index contributed by atoms with van der Waals surface area (Å²) in [6, 6.07) is 0.563. The van der Waals surface area contributed by atoms with Crippen LogP contribution in [0, 0.1) is 17.0 Å². The number of sulfonamides is 1. The molecule has 0 heterocycles. The molecule has 1 atom stereocenters. The number of rotatable bonds is 6. The van der Waals surface area contributed by atoms with Crippen LogP contribution in [0.4, 0.5) is 5.69 Å². The third-order valence-corrected chi connectivity index (χ3v) is 4.64. The molecular weight excluding hydrogens is 324 g/mol. The van der Waals surface area contributed by atoms with Gasteiger partial charge in [-0.25, -0.2) is 8.42 Å². The zero-order chi connectivity index (χ0) is 16.4. The van der Waals surface area contributed by atoms with Crippen molar-refractivity contribution in [3.05, 3.63) is 32.8 Å². The fraction of sp³-hybridized carbons (Fsp3) is 0.364. The average Bonchev–Trinajstić information content (AvgIpc) is 2.38. The molecule has 21 heavy (non-hydrogen) atoms. The average molecular weight is 337 g/mol. The first kappa shape index (κ1) is 17.3. The van der Waals surface area contributed by atoms with Crippen molar-refractivity contribution in [1.29, 1.82) is 0 Å². The Morgan fingerprint density at radius 2 is 2.10 bits per heavy atom. The van der Waals surface area contributed by atoms with Crippen LogP contribution in [0.1, 0.15) is 18.9 Å². The predicted molar refractivity (Wildman–Crippen MR) is 74.9 cm³/mol. The van der Waals surface area contributed by atoms with E-state index >= 15 is 0 Å². The van der Waals surface area contributed by atoms with Crippen molar-refractivity contribution in [3.63, 3.8) is 0 Å². The van der Waals surface area contributed by atoms with E-state index < -0.39 is 37.5 Å². The van der Waals surface area contributed by atoms with Gasteiger partial charge in [-0.2, -0.15) is 4.72 Å². The predicted octanol–water partition coefficient (Wildman–Crippen LogP) is 1.70. The second-order valence-corrected chi connectivity index (χ2v) is 6.35. The van der Waals surface area contributed by atoms with E-state index in [1.807, 2.05) is 4.72 Å². The summed E-state index contributed by atoms with van der Waals surface area (Å²) in [7, 11) is -4.23. The number of carboxylic acid groups (broad SMARTS) is 1. The highest BCUT2D eigenvalue weighted by atomic mass is 35.5. The van der Waals surface area contributed by atoms with Gasteiger partial charge in [0.15, 0.2) is 0 Å². The molecule has 0 radical (unpaired) electrons. The van der Waals surface area contributed by atoms with Crippen molar-refractivity contribution < 1.29 is 23.2 Å². The minimum atomic E-state index is -4.23. The molecule has 8 nitrogen and oxygen atoms in total. The summed E-state index contributed by atoms with van der Waals surface area (Å²) in [5, 5.41) is 19.7. The Kier molecular flexibility index (Phi) is 5.26. The fourth-order valence-corrected chi connectivity index (χ4v) is 3.15. The van der Waals surface area contributed by atoms with Gasteiger partial charge in [0.1, 0.15) is 6.04 Å². The van der Waals surface area contributed by atoms with E-state index in [0.717, 1.165) is 12.1 Å². The Morgan fingerprint density at radius 3 is 2.52 bits per heavy atom. The van der Waals surface area contributed by atoms with Crippen molar-refractivity contribution >= 4 is 33.3 Å². The lowest BCUT2D eigenvalue weighted by molar-refractivity contribution is -0.385. The molecule has 0 aliphatic heterocycles. The Balaban J connectivity index is 3.32. The first-order chi connectivity index (χ1) is 9.60. The van der Waals surface area contributed by atoms with Gasteiger partial charge in [-0.3, -0.25) is 14.9 Å². The largest absolute Gasteiger partial charge is 0.480 e. The molecule has 0 saturated heterocycles. The molecule has 10 heteroatoms. The molecule has 0 bridgehead atoms. The van der Waals surface area contributed by atoms with Crippen LogP contribution in [0.2, 0.25) is 5.02 Å². The highest BCUT2D eigenvalue weighted by Gasteiger charge is 2.27. The van der Waals surface area contributed by atoms with E-state index in [-0.39, 0.29) is 17.0 Å². The van der Waals surface area contributed by atoms with Gasteiger partial charge >= 0.3 is 5.97 Å². The van der Waals surface area contributed by atoms with Crippen LogP contribution in [0.15, 0.2) is 17.0 Å². The number of carboxylic acids is 1. The summed E-state index contributed by atoms with van der Waals surface area (Å²) in [5.74, 6) is -1.34. The van der Waals surface area contributed by atoms with E-state index in [4.69, 9.17) is 16.7 Å². The minimum absolute atomic E-state index is 0.0241. The van der Waals surface area contributed by atoms with E-state index in [1.54, 1.807) is 0 Å². The summed E-state index contributed by atoms with van der Waals surface area (Å²) in [6.45, 7) is 2.88. The molecule has 0 aliphatic rings. The SMILES string of the molecule is CCC(NS(=O)(=O)c1cc(Cl)c(C)c([N+](=O)[O-])c1)C(=O)O. The van der Waals surface area contributed by atoms with Crippen molar-refractivity contribution in [2.75, 3.05) is 0 Å². The van der Waals surface area contributed by atoms with Gasteiger partial charge in [0.05, 0.1) is 14.8 Å². The van der Waals surface area contributed by atoms with Gasteiger partial charge in [0, 0.05) is 11.6 Å². The van der Waals surface area contributed by atoms with Crippen molar-refractivity contribution in [2.45, 2.75) is 31.2 Å². The van der Waals surface area contributed by atoms with Gasteiger partial charge in [0.25, 0.3) is 5.69 Å². The van der Waals surface area contributed by atoms with Gasteiger partial charge in [-0.05, 0) is 19.4 Å². The van der Waals surface area contributed by atoms with E-state index in [0.29, 0.717) is 0 Å². The molecule has 0 saturated carbocycles. The van der Waals surface area contributed by atoms with Crippen LogP contribution < -0.4 is 4.72 Å². The Bertz CT molecular complexity index is 688. The van der Waals surface area contributed by atoms with Crippen LogP contribution in [-0.2, 0) is 14.8 Å². The number of nitrogens with one attached hydrogen (secondary N) is 1. The van der Waals surface area contributed by atoms with Crippen LogP contribution in [-0.4, -0.2) is 30.5 Å². The molecule has 2 N–H and O–H groups in total. The maximum absolute atomic E-state index is 12.1. The zero-order valence-corrected chi connectivity index (χ0v) is 12.7. The number of hydrogen-bond donors (Lipinski definition) is 2. The molecule has 1 aromatic rings. The van der Waals surface area contributed by atoms with E-state index in [1.165, 1.54) is 13.8 Å². The van der Waals surface area contributed by atoms with E-state index in [2.05, 4.69) is 0 Å². The van der Waals surface area contributed by atoms with Crippen molar-refractivity contribution in [2.24, 2.45) is 0 Å². The molecule has 0 aliphatic carbocycles. The zero-order valence-electron chi connectivity index (χ0n) is 11.2. The summed E-state index contributed by atoms with van der Waals surface area (Å²) < 4.78 is 26.1. The molecule has 0 amide bonds. The second-order valence-electron chi connectivity index (χ2n) is 4.23. The summed E-state index contributed by atoms with van der Waals surface area (Å²) in [5.41, 5.74) is -0.322. The second kappa shape index (κ2) is 6.37. The van der Waals surface area contributed by atoms with E-state index in [9.17, 15) is 23.3 Å². The van der Waals surface area contributed by atoms with Crippen molar-refractivity contribution in [1.82, 2.24) is 4.72 Å². The van der Waals surface area contributed by atoms with Gasteiger partial charge in [-0.1, -0.05) is 18.5 Å². The Morgan fingerprint density at radius 1 is 1.52 bits per heavy atom. The number of nitrogens with zero attached hydrogens (tertiary/aromatic N) is 1. The fourth-order valence-electron chi connectivity index (χ4n) is 1.55. The normalized spacial score (nSPS) is 12.9. The smallest absolute Gasteiger partial charge is 0.321 e. The van der Waals surface area contributed by atoms with Crippen molar-refractivity contribution in [3.8, 4) is 0 Å². The summed E-state index contributed by atoms with van der Waals surface area (Å²) in [4.78, 5) is 20.5. The quantitative estimate of drug-likeness (QED) is 0.601. The molecule has 1 rings (SSSR count). The molecule has 116 valence electrons. The third kappa shape index (κ3) is 3.90. The summed E-state index contributed by atoms with van der Waals surface area (Å²) >= 11 is 5.79. The Hall–Kier alpha value is -1.71. The number of nitro benzene ring substituents is 1. The molecule has 0 aromatic heterocycles. The number of hydrogen-bond acceptors (Lipinski definition) is 5. The topological polar surface area (TPSA) is 127 Å². The number of carbonyl (C=O) groups is 1. The van der Waals surface area contributed by atoms with Gasteiger partial charge < -0.3 is 5.11 Å². The maximum atomic E-state index is 12.1. The monoisotopic (exact) mass is 336 g/mol. The molecule has 1 unspecified atom stereocenters. The third-order valence-electron chi connectivity index (χ3n) is 2.80. The molecular formula is C11H13ClN2O6S. The van der Waals surface area contributed by atoms with Crippen LogP contribution in [0.3, 0.4) is 0 Å². The first-order valence-corrected chi connectivity index (χ1v) is 7.66. The summed E-state index contributed by atoms with van der Waals surface area (Å²) in [6.07, 6.45) is 0.0241. The molecule has 0 spiro atoms. The minimum Gasteiger partial charge on any atom is -0.480 e. The van der Waals surface area contributed by atoms with Crippen LogP contribution in [0.25, 0.3) is 0 Å². The number of aliphatic carboxylic acids is 1. The maximum Gasteiger partial charge on any atom is 0.321 e. The van der Waals surface area contributed by atoms with Gasteiger partial charge in [-0.15, -0.1) is 0 Å². The highest BCUT2D eigenvalue weighted by Crippen LogP contribution is 2.29. The number of nitro groups is 1. The first-order valence-electron chi connectivity index (χ1n) is 5.79. The standard InChI is InChI=1S/C11H13ClN2O6S/c1-3-9(11(15)16)13-21(19,20)7-4-8(12)6(2)10(5-7)14(17)18/h4-5,9,13H,3H2,1-2H3,(H,15,16). The lowest BCUT2D eigenvalue weighted by Crippen LogP contribution is -2.40. The van der Waals surface area contributed by atoms with Gasteiger partial charge in [0.2, 0.25) is 10.0 Å². The molecule has 1 aromatic carbocycles. The Labute approximate surface area is 125 Å². The highest BCUT2D eigenvalue weighted by molar-refractivity contribution is 7.89. The molecule has 0 fully saturated rings. The lowest BCUT2D eigenvalue weighted by Gasteiger charge is -2.13. The van der Waals surface area contributed by atoms with Crippen LogP contribution >= 0.6 is 11.6 Å². The number of halogens is 1. The lowest BCUT2D eigenvalue weighted by atomic mass is 10.2. The number of benzene rings is 1. The van der Waals surface area contributed by atoms with Crippen LogP contribution in [0.5, 0.6) is 0 Å².